The number of benzene rings is 1. The number of unbranched alkanes of at least 4 members (excludes halogenated alkanes) is 12. The molecule has 0 spiro atoms. The molecule has 0 fully saturated rings. The summed E-state index contributed by atoms with van der Waals surface area (Å²) >= 11 is 0. The molecule has 1 N–H and O–H groups in total. The summed E-state index contributed by atoms with van der Waals surface area (Å²) in [6, 6.07) is 6.15. The molecule has 1 aromatic carbocycles. The van der Waals surface area contributed by atoms with Crippen LogP contribution in [0.2, 0.25) is 0 Å². The second kappa shape index (κ2) is 17.3. The van der Waals surface area contributed by atoms with Crippen LogP contribution in [0.1, 0.15) is 107 Å². The Balaban J connectivity index is 1.84. The fourth-order valence-corrected chi connectivity index (χ4v) is 3.20. The van der Waals surface area contributed by atoms with E-state index in [1.807, 2.05) is 0 Å². The molecular formula is C25H40O3. The van der Waals surface area contributed by atoms with Gasteiger partial charge in [0.25, 0.3) is 0 Å². The van der Waals surface area contributed by atoms with Crippen molar-refractivity contribution in [3.63, 3.8) is 0 Å². The molecule has 0 saturated heterocycles. The van der Waals surface area contributed by atoms with Gasteiger partial charge in [-0.25, -0.2) is 4.79 Å². The van der Waals surface area contributed by atoms with Crippen molar-refractivity contribution in [1.29, 1.82) is 0 Å². The maximum Gasteiger partial charge on any atom is 0.338 e. The van der Waals surface area contributed by atoms with Gasteiger partial charge in [-0.05, 0) is 56.4 Å². The maximum atomic E-state index is 11.8. The number of allylic oxidation sites excluding steroid dienone is 2. The predicted octanol–water partition coefficient (Wildman–Crippen LogP) is 7.59. The molecule has 0 aliphatic heterocycles. The Bertz CT molecular complexity index is 519. The Hall–Kier alpha value is -1.77. The first-order chi connectivity index (χ1) is 13.7. The average molecular weight is 389 g/mol. The number of aromatic hydroxyl groups is 1. The standard InChI is InChI=1S/C25H40O3/c1-2-3-4-5-6-7-8-9-10-11-12-13-14-15-16-17-22-28-25(27)23-18-20-24(26)21-19-23/h13-14,18-21,26H,2-12,15-17,22H2,1H3/b14-13+. The number of hydrogen-bond acceptors (Lipinski definition) is 3. The Kier molecular flexibility index (Phi) is 15.0. The molecule has 3 heteroatoms. The normalized spacial score (nSPS) is 11.2. The summed E-state index contributed by atoms with van der Waals surface area (Å²) in [5.74, 6) is -0.169. The van der Waals surface area contributed by atoms with Gasteiger partial charge in [0.2, 0.25) is 0 Å². The number of phenols is 1. The molecule has 1 rings (SSSR count). The van der Waals surface area contributed by atoms with E-state index in [2.05, 4.69) is 19.1 Å². The van der Waals surface area contributed by atoms with Gasteiger partial charge < -0.3 is 9.84 Å². The fourth-order valence-electron chi connectivity index (χ4n) is 3.20. The second-order valence-electron chi connectivity index (χ2n) is 7.62. The van der Waals surface area contributed by atoms with Crippen LogP contribution >= 0.6 is 0 Å². The molecule has 0 amide bonds. The van der Waals surface area contributed by atoms with Crippen molar-refractivity contribution in [2.75, 3.05) is 6.61 Å². The number of carbonyl (C=O) groups is 1. The summed E-state index contributed by atoms with van der Waals surface area (Å²) in [6.07, 6.45) is 22.6. The summed E-state index contributed by atoms with van der Waals surface area (Å²) < 4.78 is 5.24. The summed E-state index contributed by atoms with van der Waals surface area (Å²) in [4.78, 5) is 11.8. The van der Waals surface area contributed by atoms with Crippen LogP contribution in [-0.4, -0.2) is 17.7 Å². The highest BCUT2D eigenvalue weighted by Crippen LogP contribution is 2.12. The lowest BCUT2D eigenvalue weighted by atomic mass is 10.1. The molecule has 0 bridgehead atoms. The Labute approximate surface area is 172 Å². The lowest BCUT2D eigenvalue weighted by Crippen LogP contribution is -2.06. The van der Waals surface area contributed by atoms with Gasteiger partial charge in [0, 0.05) is 0 Å². The van der Waals surface area contributed by atoms with E-state index in [1.54, 1.807) is 12.1 Å². The molecule has 28 heavy (non-hydrogen) atoms. The molecule has 0 radical (unpaired) electrons. The van der Waals surface area contributed by atoms with Crippen molar-refractivity contribution in [2.45, 2.75) is 96.8 Å². The molecular weight excluding hydrogens is 348 g/mol. The zero-order chi connectivity index (χ0) is 20.3. The van der Waals surface area contributed by atoms with Gasteiger partial charge in [0.1, 0.15) is 5.75 Å². The van der Waals surface area contributed by atoms with Gasteiger partial charge in [-0.1, -0.05) is 76.9 Å². The van der Waals surface area contributed by atoms with Crippen LogP contribution in [-0.2, 0) is 4.74 Å². The Morgan fingerprint density at radius 3 is 1.86 bits per heavy atom. The van der Waals surface area contributed by atoms with Crippen LogP contribution in [0.25, 0.3) is 0 Å². The second-order valence-corrected chi connectivity index (χ2v) is 7.62. The monoisotopic (exact) mass is 388 g/mol. The highest BCUT2D eigenvalue weighted by Gasteiger charge is 2.05. The summed E-state index contributed by atoms with van der Waals surface area (Å²) in [5, 5.41) is 9.21. The number of rotatable bonds is 17. The van der Waals surface area contributed by atoms with E-state index >= 15 is 0 Å². The topological polar surface area (TPSA) is 46.5 Å². The lowest BCUT2D eigenvalue weighted by molar-refractivity contribution is 0.0498. The third-order valence-corrected chi connectivity index (χ3v) is 4.99. The van der Waals surface area contributed by atoms with Crippen LogP contribution in [0.5, 0.6) is 5.75 Å². The number of hydrogen-bond donors (Lipinski definition) is 1. The van der Waals surface area contributed by atoms with Crippen molar-refractivity contribution < 1.29 is 14.6 Å². The van der Waals surface area contributed by atoms with Crippen molar-refractivity contribution in [3.05, 3.63) is 42.0 Å². The average Bonchev–Trinajstić information content (AvgIpc) is 2.70. The Morgan fingerprint density at radius 2 is 1.29 bits per heavy atom. The van der Waals surface area contributed by atoms with Gasteiger partial charge in [-0.3, -0.25) is 0 Å². The quantitative estimate of drug-likeness (QED) is 0.170. The van der Waals surface area contributed by atoms with E-state index in [0.29, 0.717) is 12.2 Å². The molecule has 3 nitrogen and oxygen atoms in total. The molecule has 0 atom stereocenters. The largest absolute Gasteiger partial charge is 0.508 e. The van der Waals surface area contributed by atoms with E-state index in [9.17, 15) is 9.90 Å². The van der Waals surface area contributed by atoms with Gasteiger partial charge in [-0.2, -0.15) is 0 Å². The molecule has 0 unspecified atom stereocenters. The van der Waals surface area contributed by atoms with Crippen molar-refractivity contribution in [1.82, 2.24) is 0 Å². The van der Waals surface area contributed by atoms with E-state index in [-0.39, 0.29) is 11.7 Å². The van der Waals surface area contributed by atoms with E-state index in [1.165, 1.54) is 82.8 Å². The third kappa shape index (κ3) is 13.4. The van der Waals surface area contributed by atoms with E-state index in [4.69, 9.17) is 4.74 Å². The molecule has 0 saturated carbocycles. The van der Waals surface area contributed by atoms with Crippen LogP contribution in [0.4, 0.5) is 0 Å². The number of ether oxygens (including phenoxy) is 1. The molecule has 0 aliphatic rings. The van der Waals surface area contributed by atoms with Crippen LogP contribution < -0.4 is 0 Å². The molecule has 0 aromatic heterocycles. The van der Waals surface area contributed by atoms with Crippen molar-refractivity contribution >= 4 is 5.97 Å². The SMILES string of the molecule is CCCCCCCCCCCC/C=C/CCCCOC(=O)c1ccc(O)cc1. The highest BCUT2D eigenvalue weighted by atomic mass is 16.5. The van der Waals surface area contributed by atoms with E-state index < -0.39 is 0 Å². The zero-order valence-electron chi connectivity index (χ0n) is 17.8. The third-order valence-electron chi connectivity index (χ3n) is 4.99. The zero-order valence-corrected chi connectivity index (χ0v) is 17.8. The molecule has 1 aromatic rings. The first kappa shape index (κ1) is 24.3. The van der Waals surface area contributed by atoms with Gasteiger partial charge in [0.05, 0.1) is 12.2 Å². The minimum absolute atomic E-state index is 0.154. The maximum absolute atomic E-state index is 11.8. The lowest BCUT2D eigenvalue weighted by Gasteiger charge is -2.04. The Morgan fingerprint density at radius 1 is 0.786 bits per heavy atom. The smallest absolute Gasteiger partial charge is 0.338 e. The molecule has 0 heterocycles. The predicted molar refractivity (Wildman–Crippen MR) is 118 cm³/mol. The van der Waals surface area contributed by atoms with Crippen LogP contribution in [0.3, 0.4) is 0 Å². The number of esters is 1. The van der Waals surface area contributed by atoms with Crippen molar-refractivity contribution in [2.24, 2.45) is 0 Å². The van der Waals surface area contributed by atoms with Gasteiger partial charge >= 0.3 is 5.97 Å². The number of carbonyl (C=O) groups excluding carboxylic acids is 1. The minimum Gasteiger partial charge on any atom is -0.508 e. The fraction of sp³-hybridized carbons (Fsp3) is 0.640. The van der Waals surface area contributed by atoms with Crippen molar-refractivity contribution in [3.8, 4) is 5.75 Å². The summed E-state index contributed by atoms with van der Waals surface area (Å²) in [6.45, 7) is 2.72. The molecule has 158 valence electrons. The number of phenolic OH excluding ortho intramolecular Hbond substituents is 1. The minimum atomic E-state index is -0.323. The van der Waals surface area contributed by atoms with Crippen LogP contribution in [0.15, 0.2) is 36.4 Å². The molecule has 0 aliphatic carbocycles. The van der Waals surface area contributed by atoms with Gasteiger partial charge in [-0.15, -0.1) is 0 Å². The summed E-state index contributed by atoms with van der Waals surface area (Å²) in [5.41, 5.74) is 0.481. The van der Waals surface area contributed by atoms with E-state index in [0.717, 1.165) is 19.3 Å². The van der Waals surface area contributed by atoms with Gasteiger partial charge in [0.15, 0.2) is 0 Å². The summed E-state index contributed by atoms with van der Waals surface area (Å²) in [7, 11) is 0. The highest BCUT2D eigenvalue weighted by molar-refractivity contribution is 5.89. The first-order valence-electron chi connectivity index (χ1n) is 11.3. The first-order valence-corrected chi connectivity index (χ1v) is 11.3. The van der Waals surface area contributed by atoms with Crippen LogP contribution in [0, 0.1) is 0 Å².